The zero-order chi connectivity index (χ0) is 12.0. The lowest BCUT2D eigenvalue weighted by atomic mass is 10.1. The zero-order valence-electron chi connectivity index (χ0n) is 9.50. The van der Waals surface area contributed by atoms with E-state index in [1.54, 1.807) is 7.11 Å². The predicted molar refractivity (Wildman–Crippen MR) is 64.9 cm³/mol. The number of carbonyl (C=O) groups excluding carboxylic acids is 1. The molecule has 1 amide bonds. The summed E-state index contributed by atoms with van der Waals surface area (Å²) in [5.74, 6) is 1.07. The average molecular weight is 242 g/mol. The number of carbonyl (C=O) groups is 1. The second-order valence-corrected chi connectivity index (χ2v) is 3.85. The van der Waals surface area contributed by atoms with Crippen LogP contribution < -0.4 is 10.1 Å². The van der Waals surface area contributed by atoms with E-state index < -0.39 is 0 Å². The van der Waals surface area contributed by atoms with Crippen LogP contribution in [0.15, 0.2) is 24.3 Å². The van der Waals surface area contributed by atoms with Gasteiger partial charge >= 0.3 is 0 Å². The number of ether oxygens (including phenoxy) is 1. The second-order valence-electron chi connectivity index (χ2n) is 3.47. The van der Waals surface area contributed by atoms with Gasteiger partial charge in [-0.05, 0) is 13.0 Å². The van der Waals surface area contributed by atoms with Crippen LogP contribution >= 0.6 is 11.6 Å². The van der Waals surface area contributed by atoms with E-state index in [-0.39, 0.29) is 11.9 Å². The van der Waals surface area contributed by atoms with Crippen LogP contribution in [-0.2, 0) is 4.79 Å². The summed E-state index contributed by atoms with van der Waals surface area (Å²) < 4.78 is 5.23. The molecule has 4 heteroatoms. The third-order valence-corrected chi connectivity index (χ3v) is 2.49. The molecule has 0 radical (unpaired) electrons. The number of benzene rings is 1. The first-order valence-corrected chi connectivity index (χ1v) is 5.70. The second kappa shape index (κ2) is 6.38. The number of amides is 1. The van der Waals surface area contributed by atoms with Gasteiger partial charge in [0.1, 0.15) is 5.75 Å². The van der Waals surface area contributed by atoms with Gasteiger partial charge in [-0.2, -0.15) is 0 Å². The third kappa shape index (κ3) is 3.42. The van der Waals surface area contributed by atoms with Gasteiger partial charge in [0.05, 0.1) is 13.2 Å². The molecule has 0 spiro atoms. The van der Waals surface area contributed by atoms with Crippen LogP contribution in [0.1, 0.15) is 24.9 Å². The third-order valence-electron chi connectivity index (χ3n) is 2.30. The number of methoxy groups -OCH3 is 1. The standard InChI is InChI=1S/C12H16ClNO2/c1-9(14-12(15)7-8-13)10-5-3-4-6-11(10)16-2/h3-6,9H,7-8H2,1-2H3,(H,14,15)/t9-/m0/s1. The molecule has 1 aromatic carbocycles. The first kappa shape index (κ1) is 12.8. The van der Waals surface area contributed by atoms with Gasteiger partial charge < -0.3 is 10.1 Å². The van der Waals surface area contributed by atoms with Crippen LogP contribution in [-0.4, -0.2) is 18.9 Å². The van der Waals surface area contributed by atoms with E-state index in [4.69, 9.17) is 16.3 Å². The summed E-state index contributed by atoms with van der Waals surface area (Å²) in [6.07, 6.45) is 0.334. The number of halogens is 1. The van der Waals surface area contributed by atoms with Crippen molar-refractivity contribution in [2.24, 2.45) is 0 Å². The summed E-state index contributed by atoms with van der Waals surface area (Å²) in [7, 11) is 1.62. The largest absolute Gasteiger partial charge is 0.496 e. The number of nitrogens with one attached hydrogen (secondary N) is 1. The van der Waals surface area contributed by atoms with Gasteiger partial charge in [0.2, 0.25) is 5.91 Å². The first-order valence-electron chi connectivity index (χ1n) is 5.17. The Morgan fingerprint density at radius 3 is 2.81 bits per heavy atom. The highest BCUT2D eigenvalue weighted by Gasteiger charge is 2.12. The van der Waals surface area contributed by atoms with E-state index >= 15 is 0 Å². The Morgan fingerprint density at radius 2 is 2.19 bits per heavy atom. The van der Waals surface area contributed by atoms with Crippen LogP contribution in [0.4, 0.5) is 0 Å². The van der Waals surface area contributed by atoms with Crippen molar-refractivity contribution >= 4 is 17.5 Å². The molecule has 0 saturated heterocycles. The molecule has 88 valence electrons. The minimum atomic E-state index is -0.0770. The molecule has 1 rings (SSSR count). The van der Waals surface area contributed by atoms with Gasteiger partial charge in [-0.1, -0.05) is 18.2 Å². The van der Waals surface area contributed by atoms with Crippen LogP contribution in [0.5, 0.6) is 5.75 Å². The van der Waals surface area contributed by atoms with Crippen LogP contribution in [0.2, 0.25) is 0 Å². The lowest BCUT2D eigenvalue weighted by Crippen LogP contribution is -2.26. The predicted octanol–water partition coefficient (Wildman–Crippen LogP) is 2.50. The van der Waals surface area contributed by atoms with Crippen LogP contribution in [0.25, 0.3) is 0 Å². The molecule has 16 heavy (non-hydrogen) atoms. The van der Waals surface area contributed by atoms with E-state index in [2.05, 4.69) is 5.32 Å². The Morgan fingerprint density at radius 1 is 1.50 bits per heavy atom. The minimum Gasteiger partial charge on any atom is -0.496 e. The highest BCUT2D eigenvalue weighted by atomic mass is 35.5. The molecule has 0 bridgehead atoms. The molecule has 0 saturated carbocycles. The Hall–Kier alpha value is -1.22. The van der Waals surface area contributed by atoms with Crippen molar-refractivity contribution in [2.75, 3.05) is 13.0 Å². The van der Waals surface area contributed by atoms with E-state index in [1.165, 1.54) is 0 Å². The molecule has 0 aliphatic heterocycles. The van der Waals surface area contributed by atoms with Crippen molar-refractivity contribution in [3.8, 4) is 5.75 Å². The van der Waals surface area contributed by atoms with Gasteiger partial charge in [-0.15, -0.1) is 11.6 Å². The van der Waals surface area contributed by atoms with Crippen molar-refractivity contribution in [1.82, 2.24) is 5.32 Å². The van der Waals surface area contributed by atoms with Crippen molar-refractivity contribution in [1.29, 1.82) is 0 Å². The summed E-state index contributed by atoms with van der Waals surface area (Å²) in [5, 5.41) is 2.87. The molecular weight excluding hydrogens is 226 g/mol. The fraction of sp³-hybridized carbons (Fsp3) is 0.417. The molecule has 0 aromatic heterocycles. The lowest BCUT2D eigenvalue weighted by Gasteiger charge is -2.16. The molecule has 1 aromatic rings. The maximum Gasteiger partial charge on any atom is 0.221 e. The minimum absolute atomic E-state index is 0.0478. The Labute approximate surface area is 101 Å². The molecule has 1 atom stereocenters. The molecule has 3 nitrogen and oxygen atoms in total. The Bertz CT molecular complexity index is 355. The maximum absolute atomic E-state index is 11.4. The summed E-state index contributed by atoms with van der Waals surface area (Å²) in [5.41, 5.74) is 0.966. The quantitative estimate of drug-likeness (QED) is 0.805. The van der Waals surface area contributed by atoms with Crippen LogP contribution in [0.3, 0.4) is 0 Å². The van der Waals surface area contributed by atoms with Crippen molar-refractivity contribution in [3.63, 3.8) is 0 Å². The Balaban J connectivity index is 2.72. The number of rotatable bonds is 5. The van der Waals surface area contributed by atoms with Gasteiger partial charge in [-0.25, -0.2) is 0 Å². The fourth-order valence-corrected chi connectivity index (χ4v) is 1.67. The van der Waals surface area contributed by atoms with Crippen molar-refractivity contribution in [2.45, 2.75) is 19.4 Å². The highest BCUT2D eigenvalue weighted by molar-refractivity contribution is 6.18. The summed E-state index contributed by atoms with van der Waals surface area (Å²) in [6, 6.07) is 7.55. The molecule has 1 N–H and O–H groups in total. The first-order chi connectivity index (χ1) is 7.69. The summed E-state index contributed by atoms with van der Waals surface area (Å²) in [4.78, 5) is 11.4. The zero-order valence-corrected chi connectivity index (χ0v) is 10.3. The lowest BCUT2D eigenvalue weighted by molar-refractivity contribution is -0.121. The SMILES string of the molecule is COc1ccccc1[C@H](C)NC(=O)CCCl. The smallest absolute Gasteiger partial charge is 0.221 e. The summed E-state index contributed by atoms with van der Waals surface area (Å²) >= 11 is 5.50. The van der Waals surface area contributed by atoms with Gasteiger partial charge in [0.25, 0.3) is 0 Å². The van der Waals surface area contributed by atoms with Crippen molar-refractivity contribution in [3.05, 3.63) is 29.8 Å². The van der Waals surface area contributed by atoms with Crippen LogP contribution in [0, 0.1) is 0 Å². The van der Waals surface area contributed by atoms with E-state index in [0.717, 1.165) is 11.3 Å². The fourth-order valence-electron chi connectivity index (χ4n) is 1.50. The summed E-state index contributed by atoms with van der Waals surface area (Å²) in [6.45, 7) is 1.92. The number of para-hydroxylation sites is 1. The van der Waals surface area contributed by atoms with Gasteiger partial charge in [-0.3, -0.25) is 4.79 Å². The number of hydrogen-bond donors (Lipinski definition) is 1. The normalized spacial score (nSPS) is 11.9. The monoisotopic (exact) mass is 241 g/mol. The number of alkyl halides is 1. The average Bonchev–Trinajstić information content (AvgIpc) is 2.29. The van der Waals surface area contributed by atoms with E-state index in [0.29, 0.717) is 12.3 Å². The van der Waals surface area contributed by atoms with E-state index in [9.17, 15) is 4.79 Å². The van der Waals surface area contributed by atoms with Crippen molar-refractivity contribution < 1.29 is 9.53 Å². The molecule has 0 aliphatic carbocycles. The Kier molecular flexibility index (Phi) is 5.12. The van der Waals surface area contributed by atoms with E-state index in [1.807, 2.05) is 31.2 Å². The topological polar surface area (TPSA) is 38.3 Å². The molecule has 0 aliphatic rings. The molecule has 0 unspecified atom stereocenters. The maximum atomic E-state index is 11.4. The molecule has 0 fully saturated rings. The number of hydrogen-bond acceptors (Lipinski definition) is 2. The highest BCUT2D eigenvalue weighted by Crippen LogP contribution is 2.24. The van der Waals surface area contributed by atoms with Gasteiger partial charge in [0, 0.05) is 17.9 Å². The molecular formula is C12H16ClNO2. The molecule has 0 heterocycles. The van der Waals surface area contributed by atoms with Gasteiger partial charge in [0.15, 0.2) is 0 Å².